The highest BCUT2D eigenvalue weighted by atomic mass is 16.4. The molecule has 0 saturated heterocycles. The lowest BCUT2D eigenvalue weighted by molar-refractivity contribution is -0.133. The highest BCUT2D eigenvalue weighted by Crippen LogP contribution is 2.25. The summed E-state index contributed by atoms with van der Waals surface area (Å²) in [5, 5.41) is 8.93. The molecule has 4 nitrogen and oxygen atoms in total. The van der Waals surface area contributed by atoms with Crippen molar-refractivity contribution in [2.75, 3.05) is 14.1 Å². The second kappa shape index (κ2) is 4.57. The Morgan fingerprint density at radius 3 is 2.29 bits per heavy atom. The van der Waals surface area contributed by atoms with Crippen LogP contribution in [0, 0.1) is 0 Å². The third-order valence-corrected chi connectivity index (χ3v) is 2.77. The molecule has 92 valence electrons. The molecule has 4 heteroatoms. The zero-order valence-corrected chi connectivity index (χ0v) is 10.5. The molecule has 1 rings (SSSR count). The van der Waals surface area contributed by atoms with Gasteiger partial charge in [0.15, 0.2) is 0 Å². The first-order valence-electron chi connectivity index (χ1n) is 5.32. The summed E-state index contributed by atoms with van der Waals surface area (Å²) < 4.78 is 0. The van der Waals surface area contributed by atoms with Crippen molar-refractivity contribution in [2.45, 2.75) is 19.3 Å². The number of carbonyl (C=O) groups excluding carboxylic acids is 1. The topological polar surface area (TPSA) is 57.6 Å². The lowest BCUT2D eigenvalue weighted by atomic mass is 9.82. The first-order valence-corrected chi connectivity index (χ1v) is 5.32. The standard InChI is InChI=1S/C13H17NO3/c1-13(2,12(17)14(3)4)10-7-5-6-9(8-10)11(15)16/h5-8H,1-4H3,(H,15,16). The molecule has 0 aromatic heterocycles. The Kier molecular flexibility index (Phi) is 3.56. The zero-order chi connectivity index (χ0) is 13.2. The molecule has 0 spiro atoms. The average Bonchev–Trinajstić information content (AvgIpc) is 2.28. The lowest BCUT2D eigenvalue weighted by Crippen LogP contribution is -2.39. The van der Waals surface area contributed by atoms with Crippen molar-refractivity contribution in [3.8, 4) is 0 Å². The summed E-state index contributed by atoms with van der Waals surface area (Å²) in [5.41, 5.74) is 0.174. The molecule has 1 N–H and O–H groups in total. The van der Waals surface area contributed by atoms with E-state index in [1.807, 2.05) is 0 Å². The quantitative estimate of drug-likeness (QED) is 0.868. The number of carboxylic acids is 1. The van der Waals surface area contributed by atoms with Crippen molar-refractivity contribution in [2.24, 2.45) is 0 Å². The van der Waals surface area contributed by atoms with Gasteiger partial charge in [0.05, 0.1) is 11.0 Å². The monoisotopic (exact) mass is 235 g/mol. The van der Waals surface area contributed by atoms with Crippen molar-refractivity contribution in [1.29, 1.82) is 0 Å². The molecule has 0 atom stereocenters. The summed E-state index contributed by atoms with van der Waals surface area (Å²) in [7, 11) is 3.37. The normalized spacial score (nSPS) is 11.1. The number of likely N-dealkylation sites (N-methyl/N-ethyl adjacent to an activating group) is 1. The molecular formula is C13H17NO3. The minimum absolute atomic E-state index is 0.0555. The minimum Gasteiger partial charge on any atom is -0.478 e. The number of rotatable bonds is 3. The Morgan fingerprint density at radius 2 is 1.82 bits per heavy atom. The minimum atomic E-state index is -0.986. The largest absolute Gasteiger partial charge is 0.478 e. The predicted molar refractivity (Wildman–Crippen MR) is 65.1 cm³/mol. The number of carboxylic acid groups (broad SMARTS) is 1. The van der Waals surface area contributed by atoms with Crippen LogP contribution in [0.3, 0.4) is 0 Å². The van der Waals surface area contributed by atoms with Crippen LogP contribution in [-0.2, 0) is 10.2 Å². The van der Waals surface area contributed by atoms with Crippen LogP contribution in [0.25, 0.3) is 0 Å². The van der Waals surface area contributed by atoms with Crippen LogP contribution in [0.15, 0.2) is 24.3 Å². The number of hydrogen-bond acceptors (Lipinski definition) is 2. The Bertz CT molecular complexity index is 450. The molecule has 0 aliphatic rings. The van der Waals surface area contributed by atoms with Gasteiger partial charge in [0.1, 0.15) is 0 Å². The van der Waals surface area contributed by atoms with E-state index in [0.717, 1.165) is 0 Å². The molecule has 17 heavy (non-hydrogen) atoms. The molecule has 0 unspecified atom stereocenters. The second-order valence-electron chi connectivity index (χ2n) is 4.71. The fourth-order valence-corrected chi connectivity index (χ4v) is 1.72. The van der Waals surface area contributed by atoms with Crippen molar-refractivity contribution in [3.05, 3.63) is 35.4 Å². The molecule has 1 aromatic rings. The van der Waals surface area contributed by atoms with Gasteiger partial charge >= 0.3 is 5.97 Å². The van der Waals surface area contributed by atoms with E-state index in [0.29, 0.717) is 5.56 Å². The predicted octanol–water partition coefficient (Wildman–Crippen LogP) is 1.75. The van der Waals surface area contributed by atoms with E-state index in [1.54, 1.807) is 46.1 Å². The van der Waals surface area contributed by atoms with Gasteiger partial charge in [-0.2, -0.15) is 0 Å². The molecule has 0 fully saturated rings. The first kappa shape index (κ1) is 13.2. The van der Waals surface area contributed by atoms with Gasteiger partial charge in [-0.05, 0) is 31.5 Å². The Morgan fingerprint density at radius 1 is 1.24 bits per heavy atom. The van der Waals surface area contributed by atoms with E-state index in [4.69, 9.17) is 5.11 Å². The van der Waals surface area contributed by atoms with Crippen LogP contribution in [0.4, 0.5) is 0 Å². The number of carbonyl (C=O) groups is 2. The van der Waals surface area contributed by atoms with E-state index >= 15 is 0 Å². The van der Waals surface area contributed by atoms with Gasteiger partial charge in [-0.15, -0.1) is 0 Å². The van der Waals surface area contributed by atoms with Crippen LogP contribution in [0.1, 0.15) is 29.8 Å². The number of benzene rings is 1. The van der Waals surface area contributed by atoms with E-state index in [2.05, 4.69) is 0 Å². The maximum absolute atomic E-state index is 12.0. The highest BCUT2D eigenvalue weighted by molar-refractivity contribution is 5.90. The van der Waals surface area contributed by atoms with E-state index in [-0.39, 0.29) is 11.5 Å². The molecule has 0 aliphatic heterocycles. The molecule has 0 radical (unpaired) electrons. The van der Waals surface area contributed by atoms with Gasteiger partial charge in [0.2, 0.25) is 5.91 Å². The van der Waals surface area contributed by atoms with E-state index in [1.165, 1.54) is 11.0 Å². The van der Waals surface area contributed by atoms with Crippen molar-refractivity contribution in [3.63, 3.8) is 0 Å². The summed E-state index contributed by atoms with van der Waals surface area (Å²) >= 11 is 0. The lowest BCUT2D eigenvalue weighted by Gasteiger charge is -2.27. The van der Waals surface area contributed by atoms with Gasteiger partial charge in [-0.3, -0.25) is 4.79 Å². The summed E-state index contributed by atoms with van der Waals surface area (Å²) in [5.74, 6) is -1.04. The molecule has 1 amide bonds. The smallest absolute Gasteiger partial charge is 0.335 e. The number of aromatic carboxylic acids is 1. The van der Waals surface area contributed by atoms with Gasteiger partial charge in [-0.1, -0.05) is 12.1 Å². The molecule has 0 aliphatic carbocycles. The number of nitrogens with zero attached hydrogens (tertiary/aromatic N) is 1. The van der Waals surface area contributed by atoms with Crippen LogP contribution in [-0.4, -0.2) is 36.0 Å². The number of amides is 1. The first-order chi connectivity index (χ1) is 7.76. The fraction of sp³-hybridized carbons (Fsp3) is 0.385. The SMILES string of the molecule is CN(C)C(=O)C(C)(C)c1cccc(C(=O)O)c1. The molecule has 0 heterocycles. The Balaban J connectivity index is 3.19. The zero-order valence-electron chi connectivity index (χ0n) is 10.5. The average molecular weight is 235 g/mol. The summed E-state index contributed by atoms with van der Waals surface area (Å²) in [6.45, 7) is 3.58. The van der Waals surface area contributed by atoms with Crippen LogP contribution >= 0.6 is 0 Å². The Hall–Kier alpha value is -1.84. The highest BCUT2D eigenvalue weighted by Gasteiger charge is 2.31. The number of hydrogen-bond donors (Lipinski definition) is 1. The van der Waals surface area contributed by atoms with Gasteiger partial charge in [0.25, 0.3) is 0 Å². The third kappa shape index (κ3) is 2.64. The van der Waals surface area contributed by atoms with Crippen molar-refractivity contribution < 1.29 is 14.7 Å². The van der Waals surface area contributed by atoms with Gasteiger partial charge in [0, 0.05) is 14.1 Å². The maximum atomic E-state index is 12.0. The summed E-state index contributed by atoms with van der Waals surface area (Å²) in [4.78, 5) is 24.4. The van der Waals surface area contributed by atoms with Crippen LogP contribution in [0.2, 0.25) is 0 Å². The van der Waals surface area contributed by atoms with Crippen molar-refractivity contribution >= 4 is 11.9 Å². The fourth-order valence-electron chi connectivity index (χ4n) is 1.72. The molecule has 0 bridgehead atoms. The molecular weight excluding hydrogens is 218 g/mol. The molecule has 0 saturated carbocycles. The van der Waals surface area contributed by atoms with Crippen LogP contribution in [0.5, 0.6) is 0 Å². The second-order valence-corrected chi connectivity index (χ2v) is 4.71. The van der Waals surface area contributed by atoms with E-state index < -0.39 is 11.4 Å². The van der Waals surface area contributed by atoms with Crippen molar-refractivity contribution in [1.82, 2.24) is 4.90 Å². The van der Waals surface area contributed by atoms with Crippen LogP contribution < -0.4 is 0 Å². The Labute approximate surface area is 101 Å². The van der Waals surface area contributed by atoms with E-state index in [9.17, 15) is 9.59 Å². The summed E-state index contributed by atoms with van der Waals surface area (Å²) in [6, 6.07) is 6.49. The summed E-state index contributed by atoms with van der Waals surface area (Å²) in [6.07, 6.45) is 0. The third-order valence-electron chi connectivity index (χ3n) is 2.77. The molecule has 1 aromatic carbocycles. The van der Waals surface area contributed by atoms with Gasteiger partial charge in [-0.25, -0.2) is 4.79 Å². The van der Waals surface area contributed by atoms with Gasteiger partial charge < -0.3 is 10.0 Å². The maximum Gasteiger partial charge on any atom is 0.335 e.